The lowest BCUT2D eigenvalue weighted by atomic mass is 10.0. The molecule has 0 radical (unpaired) electrons. The number of nitrogens with two attached hydrogens (primary N) is 1. The largest absolute Gasteiger partial charge is 0.394 e. The highest BCUT2D eigenvalue weighted by Gasteiger charge is 2.61. The maximum Gasteiger partial charge on any atom is 0.312 e. The van der Waals surface area contributed by atoms with Gasteiger partial charge in [-0.15, -0.1) is 0 Å². The van der Waals surface area contributed by atoms with Gasteiger partial charge in [-0.25, -0.2) is 4.99 Å². The number of amidine groups is 1. The van der Waals surface area contributed by atoms with Crippen molar-refractivity contribution in [2.24, 2.45) is 20.7 Å². The van der Waals surface area contributed by atoms with Gasteiger partial charge in [-0.3, -0.25) is 9.69 Å². The third-order valence-electron chi connectivity index (χ3n) is 3.94. The van der Waals surface area contributed by atoms with Crippen LogP contribution in [0.4, 0.5) is 0 Å². The third-order valence-corrected chi connectivity index (χ3v) is 3.94. The van der Waals surface area contributed by atoms with Gasteiger partial charge in [0, 0.05) is 0 Å². The number of amides is 1. The van der Waals surface area contributed by atoms with Gasteiger partial charge in [-0.1, -0.05) is 0 Å². The van der Waals surface area contributed by atoms with Crippen molar-refractivity contribution in [2.75, 3.05) is 6.61 Å². The van der Waals surface area contributed by atoms with E-state index in [4.69, 9.17) is 10.5 Å². The fraction of sp³-hybridized carbons (Fsp3) is 0.636. The molecule has 1 saturated heterocycles. The summed E-state index contributed by atoms with van der Waals surface area (Å²) in [5.74, 6) is -1.70. The fourth-order valence-corrected chi connectivity index (χ4v) is 2.66. The molecule has 3 aliphatic heterocycles. The topological polar surface area (TPSA) is 174 Å². The van der Waals surface area contributed by atoms with Crippen LogP contribution in [0.1, 0.15) is 6.92 Å². The summed E-state index contributed by atoms with van der Waals surface area (Å²) in [7, 11) is 0. The number of carbonyl (C=O) groups is 1. The van der Waals surface area contributed by atoms with Crippen LogP contribution in [0.25, 0.3) is 0 Å². The zero-order valence-corrected chi connectivity index (χ0v) is 11.5. The summed E-state index contributed by atoms with van der Waals surface area (Å²) in [5, 5.41) is 39.6. The van der Waals surface area contributed by atoms with Crippen LogP contribution >= 0.6 is 0 Å². The van der Waals surface area contributed by atoms with Crippen molar-refractivity contribution in [1.82, 2.24) is 4.90 Å². The number of aliphatic imine (C=N–C) groups is 3. The number of ether oxygens (including phenoxy) is 1. The molecule has 120 valence electrons. The van der Waals surface area contributed by atoms with E-state index in [0.717, 1.165) is 11.2 Å². The number of rotatable bonds is 2. The average Bonchev–Trinajstić information content (AvgIpc) is 2.91. The van der Waals surface area contributed by atoms with E-state index >= 15 is 0 Å². The zero-order chi connectivity index (χ0) is 16.3. The van der Waals surface area contributed by atoms with Gasteiger partial charge >= 0.3 is 11.6 Å². The summed E-state index contributed by atoms with van der Waals surface area (Å²) >= 11 is 0. The Morgan fingerprint density at radius 1 is 1.45 bits per heavy atom. The summed E-state index contributed by atoms with van der Waals surface area (Å²) < 4.78 is 5.47. The lowest BCUT2D eigenvalue weighted by molar-refractivity contribution is -0.135. The molecule has 0 bridgehead atoms. The fourth-order valence-electron chi connectivity index (χ4n) is 2.66. The molecule has 3 heterocycles. The highest BCUT2D eigenvalue weighted by atomic mass is 16.6. The first-order chi connectivity index (χ1) is 10.2. The minimum atomic E-state index is -2.35. The van der Waals surface area contributed by atoms with E-state index in [-0.39, 0.29) is 11.8 Å². The smallest absolute Gasteiger partial charge is 0.312 e. The van der Waals surface area contributed by atoms with E-state index < -0.39 is 42.3 Å². The van der Waals surface area contributed by atoms with Crippen LogP contribution in [0.3, 0.4) is 0 Å². The molecule has 0 saturated carbocycles. The molecule has 0 aromatic carbocycles. The van der Waals surface area contributed by atoms with E-state index in [1.807, 2.05) is 0 Å². The van der Waals surface area contributed by atoms with E-state index in [2.05, 4.69) is 15.0 Å². The van der Waals surface area contributed by atoms with Crippen LogP contribution in [0, 0.1) is 0 Å². The second-order valence-electron chi connectivity index (χ2n) is 5.33. The van der Waals surface area contributed by atoms with E-state index in [1.165, 1.54) is 6.92 Å². The van der Waals surface area contributed by atoms with Gasteiger partial charge < -0.3 is 30.9 Å². The van der Waals surface area contributed by atoms with Crippen molar-refractivity contribution in [2.45, 2.75) is 36.7 Å². The van der Waals surface area contributed by atoms with Crippen molar-refractivity contribution in [3.63, 3.8) is 0 Å². The molecule has 6 N–H and O–H groups in total. The normalized spacial score (nSPS) is 44.1. The van der Waals surface area contributed by atoms with E-state index in [0.29, 0.717) is 0 Å². The lowest BCUT2D eigenvalue weighted by Crippen LogP contribution is -2.60. The van der Waals surface area contributed by atoms with Gasteiger partial charge in [-0.2, -0.15) is 9.98 Å². The molecule has 1 fully saturated rings. The first-order valence-electron chi connectivity index (χ1n) is 6.43. The van der Waals surface area contributed by atoms with Gasteiger partial charge in [-0.05, 0) is 6.92 Å². The molecule has 0 spiro atoms. The molecule has 11 heteroatoms. The second-order valence-corrected chi connectivity index (χ2v) is 5.33. The van der Waals surface area contributed by atoms with Gasteiger partial charge in [0.2, 0.25) is 5.96 Å². The summed E-state index contributed by atoms with van der Waals surface area (Å²) in [4.78, 5) is 23.7. The quantitative estimate of drug-likeness (QED) is 0.344. The van der Waals surface area contributed by atoms with Gasteiger partial charge in [0.15, 0.2) is 11.6 Å². The van der Waals surface area contributed by atoms with Crippen molar-refractivity contribution in [3.8, 4) is 0 Å². The molecular formula is C11H15N5O6. The predicted molar refractivity (Wildman–Crippen MR) is 71.7 cm³/mol. The number of hydrogen-bond donors (Lipinski definition) is 5. The number of fused-ring (bicyclic) bond motifs is 1. The maximum atomic E-state index is 11.8. The molecule has 3 aliphatic rings. The summed E-state index contributed by atoms with van der Waals surface area (Å²) in [5.41, 5.74) is 1.45. The Morgan fingerprint density at radius 3 is 2.73 bits per heavy atom. The lowest BCUT2D eigenvalue weighted by Gasteiger charge is -2.38. The van der Waals surface area contributed by atoms with Gasteiger partial charge in [0.05, 0.1) is 12.9 Å². The van der Waals surface area contributed by atoms with Crippen LogP contribution in [-0.2, 0) is 9.53 Å². The Morgan fingerprint density at radius 2 is 2.14 bits per heavy atom. The molecule has 1 amide bonds. The van der Waals surface area contributed by atoms with E-state index in [9.17, 15) is 25.2 Å². The van der Waals surface area contributed by atoms with Crippen molar-refractivity contribution >= 4 is 24.0 Å². The number of hydrogen-bond acceptors (Lipinski definition) is 10. The predicted octanol–water partition coefficient (Wildman–Crippen LogP) is -3.90. The number of aliphatic hydroxyl groups is 4. The van der Waals surface area contributed by atoms with Gasteiger partial charge in [0.1, 0.15) is 18.3 Å². The number of aliphatic hydroxyl groups excluding tert-OH is 3. The molecule has 0 aromatic heterocycles. The monoisotopic (exact) mass is 313 g/mol. The Hall–Kier alpha value is -1.92. The maximum absolute atomic E-state index is 11.8. The molecular weight excluding hydrogens is 298 g/mol. The van der Waals surface area contributed by atoms with Crippen molar-refractivity contribution < 1.29 is 30.0 Å². The average molecular weight is 313 g/mol. The number of carbonyl (C=O) groups excluding carboxylic acids is 1. The number of nitrogens with zero attached hydrogens (tertiary/aromatic N) is 4. The zero-order valence-electron chi connectivity index (χ0n) is 11.5. The Kier molecular flexibility index (Phi) is 3.09. The number of guanidine groups is 1. The Bertz CT molecular complexity index is 620. The summed E-state index contributed by atoms with van der Waals surface area (Å²) in [6.07, 6.45) is -2.84. The molecule has 0 aromatic rings. The van der Waals surface area contributed by atoms with Crippen LogP contribution in [0.2, 0.25) is 0 Å². The minimum Gasteiger partial charge on any atom is -0.394 e. The first-order valence-corrected chi connectivity index (χ1v) is 6.43. The molecule has 1 unspecified atom stereocenters. The standard InChI is InChI=1S/C11H15N5O6/c1-10(6(19)5(18)4(2-17)22-10)16-3-13-11(21)7(16)14-9(12)15-8(11)20/h3-6,17-19,21H,2H2,1H3,(H2,12,15,20)/t4-,5-,6-,10-,11?/m1/s1. The highest BCUT2D eigenvalue weighted by Crippen LogP contribution is 2.38. The second kappa shape index (κ2) is 4.54. The molecule has 3 rings (SSSR count). The molecule has 0 aliphatic carbocycles. The van der Waals surface area contributed by atoms with Crippen LogP contribution in [0.15, 0.2) is 15.0 Å². The van der Waals surface area contributed by atoms with Crippen LogP contribution in [-0.4, -0.2) is 85.7 Å². The molecule has 22 heavy (non-hydrogen) atoms. The summed E-state index contributed by atoms with van der Waals surface area (Å²) in [6, 6.07) is 0. The summed E-state index contributed by atoms with van der Waals surface area (Å²) in [6.45, 7) is 0.862. The molecule has 5 atom stereocenters. The Labute approximate surface area is 124 Å². The third kappa shape index (κ3) is 1.74. The minimum absolute atomic E-state index is 0.294. The van der Waals surface area contributed by atoms with Crippen molar-refractivity contribution in [1.29, 1.82) is 0 Å². The van der Waals surface area contributed by atoms with Gasteiger partial charge in [0.25, 0.3) is 0 Å². The van der Waals surface area contributed by atoms with E-state index in [1.54, 1.807) is 0 Å². The van der Waals surface area contributed by atoms with Crippen LogP contribution < -0.4 is 5.73 Å². The SMILES string of the molecule is C[C@@]1(N2C=NC3(O)C(=O)N=C(N)N=C23)O[C@H](CO)[C@@H](O)[C@H]1O. The molecule has 11 nitrogen and oxygen atoms in total. The first kappa shape index (κ1) is 15.0. The Balaban J connectivity index is 2.02. The highest BCUT2D eigenvalue weighted by molar-refractivity contribution is 6.24. The van der Waals surface area contributed by atoms with Crippen LogP contribution in [0.5, 0.6) is 0 Å². The van der Waals surface area contributed by atoms with Crippen molar-refractivity contribution in [3.05, 3.63) is 0 Å².